The number of aryl methyl sites for hydroxylation is 1. The molecule has 0 saturated heterocycles. The van der Waals surface area contributed by atoms with Gasteiger partial charge in [-0.25, -0.2) is 13.8 Å². The molecule has 0 aliphatic carbocycles. The number of nitrogens with one attached hydrogen (secondary N) is 2. The molecule has 1 aliphatic heterocycles. The Balaban J connectivity index is 1.42. The Bertz CT molecular complexity index is 1250. The van der Waals surface area contributed by atoms with Crippen molar-refractivity contribution < 1.29 is 13.2 Å². The minimum atomic E-state index is -3.03. The van der Waals surface area contributed by atoms with Gasteiger partial charge >= 0.3 is 0 Å². The second-order valence-electron chi connectivity index (χ2n) is 8.03. The summed E-state index contributed by atoms with van der Waals surface area (Å²) < 4.78 is 32.6. The molecule has 34 heavy (non-hydrogen) atoms. The number of benzene rings is 1. The third-order valence-corrected chi connectivity index (χ3v) is 6.14. The molecule has 178 valence electrons. The van der Waals surface area contributed by atoms with Crippen LogP contribution in [0.5, 0.6) is 0 Å². The van der Waals surface area contributed by atoms with E-state index in [9.17, 15) is 8.78 Å². The summed E-state index contributed by atoms with van der Waals surface area (Å²) in [6.45, 7) is 3.84. The highest BCUT2D eigenvalue weighted by molar-refractivity contribution is 6.32. The van der Waals surface area contributed by atoms with E-state index < -0.39 is 5.92 Å². The molecule has 4 rings (SSSR count). The van der Waals surface area contributed by atoms with Gasteiger partial charge in [0.25, 0.3) is 5.92 Å². The van der Waals surface area contributed by atoms with Gasteiger partial charge in [0.1, 0.15) is 6.26 Å². The number of oxazole rings is 1. The van der Waals surface area contributed by atoms with Crippen molar-refractivity contribution in [3.8, 4) is 11.5 Å². The number of aromatic nitrogens is 2. The summed E-state index contributed by atoms with van der Waals surface area (Å²) in [7, 11) is 0. The van der Waals surface area contributed by atoms with E-state index in [1.54, 1.807) is 18.5 Å². The Morgan fingerprint density at radius 1 is 1.26 bits per heavy atom. The van der Waals surface area contributed by atoms with Gasteiger partial charge < -0.3 is 14.6 Å². The Labute approximate surface area is 206 Å². The third-order valence-electron chi connectivity index (χ3n) is 5.54. The lowest BCUT2D eigenvalue weighted by atomic mass is 10.0. The Morgan fingerprint density at radius 2 is 2.06 bits per heavy atom. The third kappa shape index (κ3) is 5.23. The van der Waals surface area contributed by atoms with Crippen molar-refractivity contribution in [1.82, 2.24) is 14.9 Å². The number of hydrogen-bond acceptors (Lipinski definition) is 4. The zero-order valence-electron chi connectivity index (χ0n) is 18.6. The molecular weight excluding hydrogens is 483 g/mol. The Kier molecular flexibility index (Phi) is 6.91. The van der Waals surface area contributed by atoms with E-state index in [4.69, 9.17) is 33.0 Å². The maximum atomic E-state index is 13.5. The normalized spacial score (nSPS) is 14.2. The van der Waals surface area contributed by atoms with Gasteiger partial charge in [-0.1, -0.05) is 36.2 Å². The molecule has 0 spiro atoms. The summed E-state index contributed by atoms with van der Waals surface area (Å²) in [5.41, 5.74) is 3.47. The second-order valence-corrected chi connectivity index (χ2v) is 8.85. The van der Waals surface area contributed by atoms with Gasteiger partial charge in [-0.3, -0.25) is 10.4 Å². The summed E-state index contributed by atoms with van der Waals surface area (Å²) in [4.78, 5) is 10.8. The van der Waals surface area contributed by atoms with Crippen molar-refractivity contribution in [3.05, 3.63) is 69.8 Å². The smallest absolute Gasteiger partial charge is 0.271 e. The van der Waals surface area contributed by atoms with E-state index >= 15 is 0 Å². The first-order valence-electron chi connectivity index (χ1n) is 10.7. The zero-order valence-corrected chi connectivity index (χ0v) is 20.1. The minimum absolute atomic E-state index is 0.0500. The number of nitrogens with zero attached hydrogens (tertiary/aromatic N) is 3. The van der Waals surface area contributed by atoms with Crippen molar-refractivity contribution >= 4 is 40.4 Å². The van der Waals surface area contributed by atoms with Gasteiger partial charge in [0, 0.05) is 37.5 Å². The van der Waals surface area contributed by atoms with E-state index in [1.165, 1.54) is 18.2 Å². The van der Waals surface area contributed by atoms with Crippen LogP contribution in [0.15, 0.2) is 47.2 Å². The maximum absolute atomic E-state index is 13.5. The molecule has 2 aromatic heterocycles. The van der Waals surface area contributed by atoms with Gasteiger partial charge in [-0.2, -0.15) is 0 Å². The van der Waals surface area contributed by atoms with Crippen LogP contribution in [0.2, 0.25) is 10.0 Å². The van der Waals surface area contributed by atoms with Crippen LogP contribution in [-0.2, 0) is 12.3 Å². The molecular formula is C24H23Cl2F2N5O. The number of rotatable bonds is 5. The van der Waals surface area contributed by atoms with Gasteiger partial charge in [-0.05, 0) is 42.7 Å². The highest BCUT2D eigenvalue weighted by atomic mass is 35.5. The SMILES string of the molecule is CCc1coc(-c2cnc(C3=CCN(C(=N)Nc4ccc(C(C)(F)F)c(Cl)c4)CC3)c(Cl)c2)n1. The van der Waals surface area contributed by atoms with Crippen LogP contribution in [0.4, 0.5) is 14.5 Å². The van der Waals surface area contributed by atoms with Crippen molar-refractivity contribution in [1.29, 1.82) is 5.41 Å². The van der Waals surface area contributed by atoms with Gasteiger partial charge in [-0.15, -0.1) is 0 Å². The van der Waals surface area contributed by atoms with Crippen molar-refractivity contribution in [2.75, 3.05) is 18.4 Å². The van der Waals surface area contributed by atoms with Crippen LogP contribution in [0.25, 0.3) is 17.0 Å². The average molecular weight is 506 g/mol. The Hall–Kier alpha value is -2.97. The summed E-state index contributed by atoms with van der Waals surface area (Å²) in [6.07, 6.45) is 6.71. The standard InChI is InChI=1S/C24H23Cl2F2N5O/c1-3-16-13-34-22(31-16)15-10-20(26)21(30-12-15)14-6-8-33(9-7-14)23(29)32-17-4-5-18(19(25)11-17)24(2,27)28/h4-6,10-13H,3,7-9H2,1-2H3,(H2,29,32). The topological polar surface area (TPSA) is 78.0 Å². The average Bonchev–Trinajstić information content (AvgIpc) is 3.28. The first kappa shape index (κ1) is 24.2. The van der Waals surface area contributed by atoms with Crippen LogP contribution >= 0.6 is 23.2 Å². The number of halogens is 4. The molecule has 3 heterocycles. The summed E-state index contributed by atoms with van der Waals surface area (Å²) in [5, 5.41) is 11.7. The number of hydrogen-bond donors (Lipinski definition) is 2. The minimum Gasteiger partial charge on any atom is -0.444 e. The summed E-state index contributed by atoms with van der Waals surface area (Å²) in [6, 6.07) is 5.95. The lowest BCUT2D eigenvalue weighted by molar-refractivity contribution is 0.0176. The number of anilines is 1. The van der Waals surface area contributed by atoms with E-state index in [2.05, 4.69) is 15.3 Å². The molecule has 6 nitrogen and oxygen atoms in total. The molecule has 10 heteroatoms. The van der Waals surface area contributed by atoms with Crippen LogP contribution in [-0.4, -0.2) is 33.9 Å². The second kappa shape index (κ2) is 9.72. The molecule has 0 unspecified atom stereocenters. The van der Waals surface area contributed by atoms with Crippen LogP contribution in [0, 0.1) is 5.41 Å². The van der Waals surface area contributed by atoms with Gasteiger partial charge in [0.2, 0.25) is 5.89 Å². The largest absolute Gasteiger partial charge is 0.444 e. The molecule has 1 aliphatic rings. The summed E-state index contributed by atoms with van der Waals surface area (Å²) >= 11 is 12.5. The zero-order chi connectivity index (χ0) is 24.5. The van der Waals surface area contributed by atoms with Gasteiger partial charge in [0.15, 0.2) is 5.96 Å². The number of alkyl halides is 2. The van der Waals surface area contributed by atoms with E-state index in [-0.39, 0.29) is 16.5 Å². The fraction of sp³-hybridized carbons (Fsp3) is 0.292. The molecule has 0 amide bonds. The molecule has 0 fully saturated rings. The predicted octanol–water partition coefficient (Wildman–Crippen LogP) is 6.85. The number of pyridine rings is 1. The quantitative estimate of drug-likeness (QED) is 0.292. The number of guanidine groups is 1. The molecule has 3 aromatic rings. The van der Waals surface area contributed by atoms with E-state index in [1.807, 2.05) is 17.9 Å². The maximum Gasteiger partial charge on any atom is 0.271 e. The van der Waals surface area contributed by atoms with E-state index in [0.29, 0.717) is 47.4 Å². The molecule has 1 aromatic carbocycles. The fourth-order valence-electron chi connectivity index (χ4n) is 3.65. The molecule has 0 atom stereocenters. The summed E-state index contributed by atoms with van der Waals surface area (Å²) in [5.74, 6) is -2.40. The van der Waals surface area contributed by atoms with Crippen LogP contribution in [0.3, 0.4) is 0 Å². The molecule has 0 saturated carbocycles. The molecule has 0 radical (unpaired) electrons. The molecule has 0 bridgehead atoms. The van der Waals surface area contributed by atoms with Crippen LogP contribution < -0.4 is 5.32 Å². The first-order valence-corrected chi connectivity index (χ1v) is 11.5. The van der Waals surface area contributed by atoms with Crippen molar-refractivity contribution in [3.63, 3.8) is 0 Å². The van der Waals surface area contributed by atoms with Crippen molar-refractivity contribution in [2.24, 2.45) is 0 Å². The predicted molar refractivity (Wildman–Crippen MR) is 131 cm³/mol. The lowest BCUT2D eigenvalue weighted by Gasteiger charge is -2.29. The highest BCUT2D eigenvalue weighted by Crippen LogP contribution is 2.34. The van der Waals surface area contributed by atoms with Crippen LogP contribution in [0.1, 0.15) is 37.2 Å². The first-order chi connectivity index (χ1) is 16.2. The monoisotopic (exact) mass is 505 g/mol. The fourth-order valence-corrected chi connectivity index (χ4v) is 4.28. The van der Waals surface area contributed by atoms with Crippen molar-refractivity contribution in [2.45, 2.75) is 32.6 Å². The lowest BCUT2D eigenvalue weighted by Crippen LogP contribution is -2.38. The van der Waals surface area contributed by atoms with Gasteiger partial charge in [0.05, 0.1) is 27.0 Å². The van der Waals surface area contributed by atoms with E-state index in [0.717, 1.165) is 24.6 Å². The highest BCUT2D eigenvalue weighted by Gasteiger charge is 2.27. The molecule has 2 N–H and O–H groups in total. The Morgan fingerprint density at radius 3 is 2.65 bits per heavy atom.